The van der Waals surface area contributed by atoms with Crippen LogP contribution in [-0.2, 0) is 10.0 Å². The van der Waals surface area contributed by atoms with E-state index in [1.165, 1.54) is 0 Å². The molecule has 0 saturated carbocycles. The van der Waals surface area contributed by atoms with Crippen LogP contribution in [0.2, 0.25) is 0 Å². The first-order chi connectivity index (χ1) is 8.92. The lowest BCUT2D eigenvalue weighted by Crippen LogP contribution is -2.27. The van der Waals surface area contributed by atoms with Crippen LogP contribution in [0.25, 0.3) is 0 Å². The van der Waals surface area contributed by atoms with Crippen molar-refractivity contribution in [3.63, 3.8) is 0 Å². The molecule has 0 spiro atoms. The number of rotatable bonds is 4. The predicted molar refractivity (Wildman–Crippen MR) is 71.2 cm³/mol. The van der Waals surface area contributed by atoms with E-state index in [1.54, 1.807) is 51.1 Å². The summed E-state index contributed by atoms with van der Waals surface area (Å²) in [5.74, 6) is 0.626. The van der Waals surface area contributed by atoms with Crippen LogP contribution in [0, 0.1) is 13.8 Å². The molecule has 1 aromatic heterocycles. The van der Waals surface area contributed by atoms with Crippen molar-refractivity contribution in [1.29, 1.82) is 0 Å². The molecule has 1 N–H and O–H groups in total. The van der Waals surface area contributed by atoms with Gasteiger partial charge in [0, 0.05) is 11.6 Å². The van der Waals surface area contributed by atoms with Crippen LogP contribution in [0.4, 0.5) is 0 Å². The Morgan fingerprint density at radius 2 is 1.84 bits per heavy atom. The van der Waals surface area contributed by atoms with Gasteiger partial charge in [-0.2, -0.15) is 0 Å². The maximum absolute atomic E-state index is 12.2. The molecule has 1 atom stereocenters. The van der Waals surface area contributed by atoms with Gasteiger partial charge in [-0.05, 0) is 32.9 Å². The molecule has 2 aromatic rings. The van der Waals surface area contributed by atoms with Crippen molar-refractivity contribution in [3.05, 3.63) is 47.3 Å². The minimum absolute atomic E-state index is 0.244. The zero-order valence-corrected chi connectivity index (χ0v) is 11.9. The fourth-order valence-corrected chi connectivity index (χ4v) is 3.30. The van der Waals surface area contributed by atoms with Gasteiger partial charge in [-0.25, -0.2) is 13.1 Å². The standard InChI is InChI=1S/C13H16N2O3S/c1-9-13(11(3)18-14-9)10(2)15-19(16,17)12-7-5-4-6-8-12/h4-8,10,15H,1-3H3. The van der Waals surface area contributed by atoms with Gasteiger partial charge in [-0.3, -0.25) is 0 Å². The lowest BCUT2D eigenvalue weighted by Gasteiger charge is -2.14. The second-order valence-electron chi connectivity index (χ2n) is 4.39. The normalized spacial score (nSPS) is 13.4. The van der Waals surface area contributed by atoms with E-state index >= 15 is 0 Å². The number of hydrogen-bond acceptors (Lipinski definition) is 4. The molecule has 0 aliphatic rings. The van der Waals surface area contributed by atoms with Crippen LogP contribution in [0.1, 0.15) is 30.0 Å². The van der Waals surface area contributed by atoms with Crippen molar-refractivity contribution >= 4 is 10.0 Å². The van der Waals surface area contributed by atoms with Crippen molar-refractivity contribution in [2.45, 2.75) is 31.7 Å². The predicted octanol–water partition coefficient (Wildman–Crippen LogP) is 2.33. The molecule has 19 heavy (non-hydrogen) atoms. The Hall–Kier alpha value is -1.66. The summed E-state index contributed by atoms with van der Waals surface area (Å²) in [7, 11) is -3.54. The number of nitrogens with zero attached hydrogens (tertiary/aromatic N) is 1. The van der Waals surface area contributed by atoms with E-state index in [1.807, 2.05) is 0 Å². The van der Waals surface area contributed by atoms with Gasteiger partial charge in [0.25, 0.3) is 0 Å². The van der Waals surface area contributed by atoms with E-state index in [0.29, 0.717) is 11.5 Å². The molecule has 0 saturated heterocycles. The number of sulfonamides is 1. The van der Waals surface area contributed by atoms with Crippen LogP contribution in [0.5, 0.6) is 0 Å². The molecule has 0 bridgehead atoms. The third kappa shape index (κ3) is 2.85. The van der Waals surface area contributed by atoms with Crippen LogP contribution in [0.3, 0.4) is 0 Å². The van der Waals surface area contributed by atoms with Gasteiger partial charge < -0.3 is 4.52 Å². The maximum atomic E-state index is 12.2. The van der Waals surface area contributed by atoms with E-state index in [0.717, 1.165) is 5.56 Å². The second-order valence-corrected chi connectivity index (χ2v) is 6.11. The summed E-state index contributed by atoms with van der Waals surface area (Å²) in [5, 5.41) is 3.83. The highest BCUT2D eigenvalue weighted by Gasteiger charge is 2.22. The van der Waals surface area contributed by atoms with Gasteiger partial charge in [0.1, 0.15) is 5.76 Å². The van der Waals surface area contributed by atoms with Gasteiger partial charge in [0.05, 0.1) is 10.6 Å². The minimum Gasteiger partial charge on any atom is -0.361 e. The summed E-state index contributed by atoms with van der Waals surface area (Å²) in [4.78, 5) is 0.244. The van der Waals surface area contributed by atoms with Crippen molar-refractivity contribution in [2.24, 2.45) is 0 Å². The molecule has 1 unspecified atom stereocenters. The van der Waals surface area contributed by atoms with E-state index in [-0.39, 0.29) is 4.90 Å². The molecule has 2 rings (SSSR count). The fraction of sp³-hybridized carbons (Fsp3) is 0.308. The summed E-state index contributed by atoms with van der Waals surface area (Å²) in [6, 6.07) is 7.88. The highest BCUT2D eigenvalue weighted by Crippen LogP contribution is 2.22. The van der Waals surface area contributed by atoms with E-state index in [2.05, 4.69) is 9.88 Å². The van der Waals surface area contributed by atoms with E-state index in [9.17, 15) is 8.42 Å². The quantitative estimate of drug-likeness (QED) is 0.933. The number of nitrogens with one attached hydrogen (secondary N) is 1. The van der Waals surface area contributed by atoms with Crippen LogP contribution in [0.15, 0.2) is 39.8 Å². The Kier molecular flexibility index (Phi) is 3.73. The van der Waals surface area contributed by atoms with Gasteiger partial charge in [-0.1, -0.05) is 23.4 Å². The minimum atomic E-state index is -3.54. The summed E-state index contributed by atoms with van der Waals surface area (Å²) >= 11 is 0. The highest BCUT2D eigenvalue weighted by atomic mass is 32.2. The summed E-state index contributed by atoms with van der Waals surface area (Å²) < 4.78 is 32.1. The first-order valence-corrected chi connectivity index (χ1v) is 7.40. The number of hydrogen-bond donors (Lipinski definition) is 1. The topological polar surface area (TPSA) is 72.2 Å². The van der Waals surface area contributed by atoms with Gasteiger partial charge in [-0.15, -0.1) is 0 Å². The van der Waals surface area contributed by atoms with Crippen molar-refractivity contribution < 1.29 is 12.9 Å². The summed E-state index contributed by atoms with van der Waals surface area (Å²) in [5.41, 5.74) is 1.47. The zero-order valence-electron chi connectivity index (χ0n) is 11.0. The van der Waals surface area contributed by atoms with Crippen LogP contribution < -0.4 is 4.72 Å². The van der Waals surface area contributed by atoms with Gasteiger partial charge in [0.2, 0.25) is 10.0 Å². The highest BCUT2D eigenvalue weighted by molar-refractivity contribution is 7.89. The molecule has 102 valence electrons. The second kappa shape index (κ2) is 5.14. The Morgan fingerprint density at radius 3 is 2.37 bits per heavy atom. The Labute approximate surface area is 112 Å². The van der Waals surface area contributed by atoms with E-state index < -0.39 is 16.1 Å². The molecule has 1 heterocycles. The molecule has 1 aromatic carbocycles. The van der Waals surface area contributed by atoms with Crippen molar-refractivity contribution in [3.8, 4) is 0 Å². The smallest absolute Gasteiger partial charge is 0.241 e. The Balaban J connectivity index is 2.27. The summed E-state index contributed by atoms with van der Waals surface area (Å²) in [6.07, 6.45) is 0. The lowest BCUT2D eigenvalue weighted by molar-refractivity contribution is 0.391. The van der Waals surface area contributed by atoms with Crippen LogP contribution >= 0.6 is 0 Å². The first-order valence-electron chi connectivity index (χ1n) is 5.92. The molecular weight excluding hydrogens is 264 g/mol. The molecule has 6 heteroatoms. The third-order valence-electron chi connectivity index (χ3n) is 2.91. The van der Waals surface area contributed by atoms with Crippen molar-refractivity contribution in [2.75, 3.05) is 0 Å². The molecule has 0 radical (unpaired) electrons. The van der Waals surface area contributed by atoms with E-state index in [4.69, 9.17) is 4.52 Å². The monoisotopic (exact) mass is 280 g/mol. The number of aryl methyl sites for hydroxylation is 2. The molecule has 0 aliphatic heterocycles. The largest absolute Gasteiger partial charge is 0.361 e. The third-order valence-corrected chi connectivity index (χ3v) is 4.46. The first kappa shape index (κ1) is 13.8. The average molecular weight is 280 g/mol. The fourth-order valence-electron chi connectivity index (χ4n) is 2.07. The number of aromatic nitrogens is 1. The Bertz CT molecular complexity index is 643. The Morgan fingerprint density at radius 1 is 1.21 bits per heavy atom. The molecule has 0 fully saturated rings. The van der Waals surface area contributed by atoms with Crippen molar-refractivity contribution in [1.82, 2.24) is 9.88 Å². The lowest BCUT2D eigenvalue weighted by atomic mass is 10.1. The van der Waals surface area contributed by atoms with Crippen LogP contribution in [-0.4, -0.2) is 13.6 Å². The maximum Gasteiger partial charge on any atom is 0.241 e. The van der Waals surface area contributed by atoms with Gasteiger partial charge >= 0.3 is 0 Å². The average Bonchev–Trinajstić information content (AvgIpc) is 2.69. The zero-order chi connectivity index (χ0) is 14.0. The SMILES string of the molecule is Cc1noc(C)c1C(C)NS(=O)(=O)c1ccccc1. The molecule has 0 amide bonds. The van der Waals surface area contributed by atoms with Gasteiger partial charge in [0.15, 0.2) is 0 Å². The summed E-state index contributed by atoms with van der Waals surface area (Å²) in [6.45, 7) is 5.33. The molecule has 5 nitrogen and oxygen atoms in total. The number of benzene rings is 1. The molecule has 0 aliphatic carbocycles. The molecular formula is C13H16N2O3S.